The van der Waals surface area contributed by atoms with E-state index in [-0.39, 0.29) is 0 Å². The minimum Gasteiger partial charge on any atom is -0.456 e. The van der Waals surface area contributed by atoms with Crippen LogP contribution in [0, 0.1) is 0 Å². The lowest BCUT2D eigenvalue weighted by atomic mass is 9.98. The lowest BCUT2D eigenvalue weighted by molar-refractivity contribution is 0.668. The Labute approximate surface area is 247 Å². The molecule has 4 heteroatoms. The van der Waals surface area contributed by atoms with Gasteiger partial charge in [-0.25, -0.2) is 0 Å². The zero-order valence-corrected chi connectivity index (χ0v) is 23.1. The van der Waals surface area contributed by atoms with Crippen molar-refractivity contribution in [3.05, 3.63) is 146 Å². The minimum absolute atomic E-state index is 0.856. The highest BCUT2D eigenvalue weighted by atomic mass is 16.3. The molecule has 0 aliphatic carbocycles. The highest BCUT2D eigenvalue weighted by Gasteiger charge is 2.16. The second-order valence-electron chi connectivity index (χ2n) is 10.8. The predicted octanol–water partition coefficient (Wildman–Crippen LogP) is 11.2. The molecule has 9 aromatic rings. The van der Waals surface area contributed by atoms with Crippen molar-refractivity contribution >= 4 is 71.7 Å². The van der Waals surface area contributed by atoms with E-state index in [0.717, 1.165) is 77.5 Å². The van der Waals surface area contributed by atoms with Crippen molar-refractivity contribution in [1.82, 2.24) is 4.98 Å². The average Bonchev–Trinajstić information content (AvgIpc) is 3.64. The summed E-state index contributed by atoms with van der Waals surface area (Å²) >= 11 is 0. The van der Waals surface area contributed by atoms with E-state index < -0.39 is 0 Å². The quantitative estimate of drug-likeness (QED) is 0.218. The summed E-state index contributed by atoms with van der Waals surface area (Å²) in [4.78, 5) is 6.65. The predicted molar refractivity (Wildman–Crippen MR) is 176 cm³/mol. The van der Waals surface area contributed by atoms with E-state index in [9.17, 15) is 0 Å². The van der Waals surface area contributed by atoms with E-state index in [0.29, 0.717) is 0 Å². The molecule has 0 bridgehead atoms. The van der Waals surface area contributed by atoms with Gasteiger partial charge in [-0.2, -0.15) is 0 Å². The van der Waals surface area contributed by atoms with Crippen molar-refractivity contribution < 1.29 is 8.83 Å². The fraction of sp³-hybridized carbons (Fsp3) is 0. The second kappa shape index (κ2) is 9.33. The van der Waals surface area contributed by atoms with Gasteiger partial charge < -0.3 is 13.7 Å². The molecule has 0 spiro atoms. The van der Waals surface area contributed by atoms with E-state index in [1.807, 2.05) is 36.5 Å². The highest BCUT2D eigenvalue weighted by Crippen LogP contribution is 2.40. The van der Waals surface area contributed by atoms with Crippen LogP contribution in [0.25, 0.3) is 65.8 Å². The fourth-order valence-corrected chi connectivity index (χ4v) is 6.30. The molecule has 43 heavy (non-hydrogen) atoms. The van der Waals surface area contributed by atoms with Gasteiger partial charge in [0, 0.05) is 51.0 Å². The van der Waals surface area contributed by atoms with Gasteiger partial charge in [0.1, 0.15) is 22.3 Å². The number of pyridine rings is 1. The van der Waals surface area contributed by atoms with Gasteiger partial charge in [0.15, 0.2) is 0 Å². The second-order valence-corrected chi connectivity index (χ2v) is 10.8. The highest BCUT2D eigenvalue weighted by molar-refractivity contribution is 6.19. The first-order valence-electron chi connectivity index (χ1n) is 14.4. The molecule has 202 valence electrons. The Bertz CT molecular complexity index is 2450. The fourth-order valence-electron chi connectivity index (χ4n) is 6.30. The van der Waals surface area contributed by atoms with Gasteiger partial charge in [0.05, 0.1) is 0 Å². The Balaban J connectivity index is 1.16. The van der Waals surface area contributed by atoms with Gasteiger partial charge in [-0.15, -0.1) is 0 Å². The number of anilines is 3. The zero-order valence-electron chi connectivity index (χ0n) is 23.1. The molecule has 0 radical (unpaired) electrons. The third kappa shape index (κ3) is 3.81. The number of aromatic nitrogens is 1. The molecule has 6 aromatic carbocycles. The van der Waals surface area contributed by atoms with E-state index in [4.69, 9.17) is 8.83 Å². The van der Waals surface area contributed by atoms with Crippen LogP contribution in [-0.2, 0) is 0 Å². The molecule has 3 aromatic heterocycles. The molecule has 0 N–H and O–H groups in total. The molecule has 3 heterocycles. The van der Waals surface area contributed by atoms with E-state index in [1.54, 1.807) is 6.20 Å². The van der Waals surface area contributed by atoms with Crippen LogP contribution >= 0.6 is 0 Å². The molecule has 0 unspecified atom stereocenters. The molecule has 0 fully saturated rings. The Kier molecular flexibility index (Phi) is 5.16. The number of rotatable bonds is 4. The summed E-state index contributed by atoms with van der Waals surface area (Å²) in [6.45, 7) is 0. The molecule has 0 saturated heterocycles. The van der Waals surface area contributed by atoms with Gasteiger partial charge in [-0.05, 0) is 88.6 Å². The van der Waals surface area contributed by atoms with Gasteiger partial charge in [-0.1, -0.05) is 66.7 Å². The summed E-state index contributed by atoms with van der Waals surface area (Å²) in [5, 5.41) is 6.71. The molecular weight excluding hydrogens is 528 g/mol. The number of hydrogen-bond donors (Lipinski definition) is 0. The van der Waals surface area contributed by atoms with Gasteiger partial charge in [0.25, 0.3) is 0 Å². The maximum atomic E-state index is 6.13. The summed E-state index contributed by atoms with van der Waals surface area (Å²) < 4.78 is 12.2. The molecule has 4 nitrogen and oxygen atoms in total. The van der Waals surface area contributed by atoms with Crippen molar-refractivity contribution in [3.8, 4) is 11.1 Å². The van der Waals surface area contributed by atoms with Crippen molar-refractivity contribution in [2.24, 2.45) is 0 Å². The summed E-state index contributed by atoms with van der Waals surface area (Å²) in [5.74, 6) is 0. The van der Waals surface area contributed by atoms with Crippen LogP contribution in [0.2, 0.25) is 0 Å². The van der Waals surface area contributed by atoms with E-state index in [2.05, 4.69) is 113 Å². The van der Waals surface area contributed by atoms with Gasteiger partial charge in [-0.3, -0.25) is 4.98 Å². The third-order valence-electron chi connectivity index (χ3n) is 8.35. The van der Waals surface area contributed by atoms with Crippen LogP contribution in [0.1, 0.15) is 0 Å². The van der Waals surface area contributed by atoms with Gasteiger partial charge >= 0.3 is 0 Å². The lowest BCUT2D eigenvalue weighted by Gasteiger charge is -2.25. The van der Waals surface area contributed by atoms with Crippen molar-refractivity contribution in [2.45, 2.75) is 0 Å². The van der Waals surface area contributed by atoms with Crippen molar-refractivity contribution in [3.63, 3.8) is 0 Å². The number of fused-ring (bicyclic) bond motifs is 8. The SMILES string of the molecule is c1ccc(N(c2ccc(-c3ccc4ccc5oc6ccncc6c5c4c3)cc2)c2ccc3oc4ccccc4c3c2)cc1. The molecule has 9 rings (SSSR count). The number of hydrogen-bond acceptors (Lipinski definition) is 4. The van der Waals surface area contributed by atoms with Crippen LogP contribution in [0.15, 0.2) is 155 Å². The third-order valence-corrected chi connectivity index (χ3v) is 8.35. The first-order valence-corrected chi connectivity index (χ1v) is 14.4. The largest absolute Gasteiger partial charge is 0.456 e. The Morgan fingerprint density at radius 2 is 1.12 bits per heavy atom. The van der Waals surface area contributed by atoms with Crippen LogP contribution in [0.4, 0.5) is 17.1 Å². The van der Waals surface area contributed by atoms with E-state index >= 15 is 0 Å². The van der Waals surface area contributed by atoms with Gasteiger partial charge in [0.2, 0.25) is 0 Å². The normalized spacial score (nSPS) is 11.7. The smallest absolute Gasteiger partial charge is 0.138 e. The van der Waals surface area contributed by atoms with Crippen molar-refractivity contribution in [1.29, 1.82) is 0 Å². The monoisotopic (exact) mass is 552 g/mol. The van der Waals surface area contributed by atoms with Crippen LogP contribution < -0.4 is 4.90 Å². The molecule has 0 aliphatic rings. The molecule has 0 amide bonds. The van der Waals surface area contributed by atoms with Crippen LogP contribution in [-0.4, -0.2) is 4.98 Å². The molecule has 0 atom stereocenters. The maximum Gasteiger partial charge on any atom is 0.138 e. The Morgan fingerprint density at radius 3 is 2.02 bits per heavy atom. The maximum absolute atomic E-state index is 6.13. The summed E-state index contributed by atoms with van der Waals surface area (Å²) in [6, 6.07) is 46.7. The van der Waals surface area contributed by atoms with Crippen LogP contribution in [0.5, 0.6) is 0 Å². The molecular formula is C39H24N2O2. The van der Waals surface area contributed by atoms with E-state index in [1.165, 1.54) is 5.39 Å². The number of para-hydroxylation sites is 2. The number of benzene rings is 6. The topological polar surface area (TPSA) is 42.4 Å². The number of nitrogens with zero attached hydrogens (tertiary/aromatic N) is 2. The van der Waals surface area contributed by atoms with Crippen molar-refractivity contribution in [2.75, 3.05) is 4.90 Å². The Hall–Kier alpha value is -5.87. The zero-order chi connectivity index (χ0) is 28.3. The summed E-state index contributed by atoms with van der Waals surface area (Å²) in [5.41, 5.74) is 9.08. The molecule has 0 aliphatic heterocycles. The summed E-state index contributed by atoms with van der Waals surface area (Å²) in [7, 11) is 0. The lowest BCUT2D eigenvalue weighted by Crippen LogP contribution is -2.09. The summed E-state index contributed by atoms with van der Waals surface area (Å²) in [6.07, 6.45) is 3.66. The molecule has 0 saturated carbocycles. The van der Waals surface area contributed by atoms with Crippen LogP contribution in [0.3, 0.4) is 0 Å². The number of furan rings is 2. The first kappa shape index (κ1) is 23.8. The first-order chi connectivity index (χ1) is 21.3. The average molecular weight is 553 g/mol. The minimum atomic E-state index is 0.856. The standard InChI is InChI=1S/C39H24N2O2/c1-2-6-28(7-3-1)41(30-17-19-36-33(23-30)31-8-4-5-9-35(31)42-36)29-15-12-25(13-16-29)27-11-10-26-14-18-38-39(32(26)22-27)34-24-40-21-20-37(34)43-38/h1-24H. The Morgan fingerprint density at radius 1 is 0.442 bits per heavy atom.